The molecule has 2 aromatic carbocycles. The van der Waals surface area contributed by atoms with Crippen molar-refractivity contribution in [2.45, 2.75) is 20.4 Å². The van der Waals surface area contributed by atoms with E-state index in [1.54, 1.807) is 31.3 Å². The predicted octanol–water partition coefficient (Wildman–Crippen LogP) is 2.42. The molecule has 0 atom stereocenters. The zero-order chi connectivity index (χ0) is 17.3. The van der Waals surface area contributed by atoms with Gasteiger partial charge in [-0.2, -0.15) is 5.10 Å². The number of aryl methyl sites for hydroxylation is 2. The molecular weight excluding hydrogens is 302 g/mol. The van der Waals surface area contributed by atoms with Gasteiger partial charge in [0.05, 0.1) is 11.9 Å². The molecular formula is C19H19N3O2. The number of aromatic nitrogens is 2. The Morgan fingerprint density at radius 1 is 1.08 bits per heavy atom. The molecule has 1 aromatic heterocycles. The van der Waals surface area contributed by atoms with Crippen molar-refractivity contribution in [2.75, 3.05) is 7.05 Å². The third-order valence-corrected chi connectivity index (χ3v) is 3.92. The van der Waals surface area contributed by atoms with Crippen LogP contribution in [0.4, 0.5) is 0 Å². The van der Waals surface area contributed by atoms with E-state index in [0.717, 1.165) is 16.7 Å². The van der Waals surface area contributed by atoms with Gasteiger partial charge in [-0.25, -0.2) is 4.68 Å². The van der Waals surface area contributed by atoms with E-state index < -0.39 is 0 Å². The van der Waals surface area contributed by atoms with Crippen molar-refractivity contribution in [1.29, 1.82) is 0 Å². The van der Waals surface area contributed by atoms with E-state index in [-0.39, 0.29) is 17.2 Å². The molecule has 24 heavy (non-hydrogen) atoms. The van der Waals surface area contributed by atoms with Crippen LogP contribution in [-0.2, 0) is 6.54 Å². The van der Waals surface area contributed by atoms with E-state index in [1.165, 1.54) is 4.68 Å². The number of rotatable bonds is 3. The van der Waals surface area contributed by atoms with E-state index >= 15 is 0 Å². The summed E-state index contributed by atoms with van der Waals surface area (Å²) in [4.78, 5) is 24.9. The molecule has 0 aliphatic heterocycles. The normalized spacial score (nSPS) is 10.8. The molecule has 3 rings (SSSR count). The Bertz CT molecular complexity index is 969. The van der Waals surface area contributed by atoms with Gasteiger partial charge in [0.1, 0.15) is 0 Å². The van der Waals surface area contributed by atoms with Crippen molar-refractivity contribution in [3.05, 3.63) is 75.2 Å². The average molecular weight is 321 g/mol. The second-order valence-corrected chi connectivity index (χ2v) is 5.93. The first-order valence-electron chi connectivity index (χ1n) is 7.78. The molecule has 0 fully saturated rings. The molecule has 5 nitrogen and oxygen atoms in total. The van der Waals surface area contributed by atoms with E-state index in [1.807, 2.05) is 26.0 Å². The maximum atomic E-state index is 12.7. The second kappa shape index (κ2) is 6.28. The SMILES string of the molecule is CNC(=O)c1nn(Cc2cc(C)cc(C)c2)c(=O)c2ccccc12. The van der Waals surface area contributed by atoms with Crippen LogP contribution in [0, 0.1) is 13.8 Å². The highest BCUT2D eigenvalue weighted by Gasteiger charge is 2.15. The Hall–Kier alpha value is -2.95. The molecule has 122 valence electrons. The maximum absolute atomic E-state index is 12.7. The molecule has 3 aromatic rings. The molecule has 0 aliphatic rings. The van der Waals surface area contributed by atoms with E-state index in [0.29, 0.717) is 17.3 Å². The second-order valence-electron chi connectivity index (χ2n) is 5.93. The summed E-state index contributed by atoms with van der Waals surface area (Å²) in [6, 6.07) is 13.2. The monoisotopic (exact) mass is 321 g/mol. The number of carbonyl (C=O) groups excluding carboxylic acids is 1. The van der Waals surface area contributed by atoms with Crippen molar-refractivity contribution in [3.63, 3.8) is 0 Å². The van der Waals surface area contributed by atoms with Crippen molar-refractivity contribution in [2.24, 2.45) is 0 Å². The fourth-order valence-corrected chi connectivity index (χ4v) is 2.96. The summed E-state index contributed by atoms with van der Waals surface area (Å²) >= 11 is 0. The molecule has 1 heterocycles. The van der Waals surface area contributed by atoms with Gasteiger partial charge in [0.25, 0.3) is 11.5 Å². The number of nitrogens with one attached hydrogen (secondary N) is 1. The van der Waals surface area contributed by atoms with Gasteiger partial charge in [0.15, 0.2) is 5.69 Å². The molecule has 0 radical (unpaired) electrons. The average Bonchev–Trinajstić information content (AvgIpc) is 2.56. The Morgan fingerprint density at radius 2 is 1.71 bits per heavy atom. The van der Waals surface area contributed by atoms with Crippen LogP contribution in [0.5, 0.6) is 0 Å². The lowest BCUT2D eigenvalue weighted by molar-refractivity contribution is 0.0957. The lowest BCUT2D eigenvalue weighted by atomic mass is 10.1. The summed E-state index contributed by atoms with van der Waals surface area (Å²) in [5.74, 6) is -0.305. The summed E-state index contributed by atoms with van der Waals surface area (Å²) < 4.78 is 1.36. The molecule has 1 amide bonds. The van der Waals surface area contributed by atoms with Crippen molar-refractivity contribution in [1.82, 2.24) is 15.1 Å². The molecule has 0 spiro atoms. The standard InChI is InChI=1S/C19H19N3O2/c1-12-8-13(2)10-14(9-12)11-22-19(24)16-7-5-4-6-15(16)17(21-22)18(23)20-3/h4-10H,11H2,1-3H3,(H,20,23). The molecule has 0 aliphatic carbocycles. The van der Waals surface area contributed by atoms with Crippen LogP contribution in [0.3, 0.4) is 0 Å². The number of nitrogens with zero attached hydrogens (tertiary/aromatic N) is 2. The van der Waals surface area contributed by atoms with Crippen LogP contribution in [-0.4, -0.2) is 22.7 Å². The van der Waals surface area contributed by atoms with Crippen molar-refractivity contribution < 1.29 is 4.79 Å². The van der Waals surface area contributed by atoms with Crippen LogP contribution in [0.25, 0.3) is 10.8 Å². The summed E-state index contributed by atoms with van der Waals surface area (Å²) in [7, 11) is 1.55. The van der Waals surface area contributed by atoms with Gasteiger partial charge in [-0.3, -0.25) is 9.59 Å². The summed E-state index contributed by atoms with van der Waals surface area (Å²) in [5.41, 5.74) is 3.31. The minimum Gasteiger partial charge on any atom is -0.354 e. The highest BCUT2D eigenvalue weighted by molar-refractivity contribution is 6.04. The zero-order valence-corrected chi connectivity index (χ0v) is 14.0. The van der Waals surface area contributed by atoms with E-state index in [9.17, 15) is 9.59 Å². The van der Waals surface area contributed by atoms with Gasteiger partial charge in [-0.1, -0.05) is 47.5 Å². The third kappa shape index (κ3) is 2.93. The smallest absolute Gasteiger partial charge is 0.274 e. The lowest BCUT2D eigenvalue weighted by Crippen LogP contribution is -2.29. The topological polar surface area (TPSA) is 64.0 Å². The van der Waals surface area contributed by atoms with Crippen LogP contribution < -0.4 is 10.9 Å². The largest absolute Gasteiger partial charge is 0.354 e. The third-order valence-electron chi connectivity index (χ3n) is 3.92. The molecule has 0 bridgehead atoms. The Morgan fingerprint density at radius 3 is 2.33 bits per heavy atom. The molecule has 0 saturated carbocycles. The van der Waals surface area contributed by atoms with Crippen molar-refractivity contribution in [3.8, 4) is 0 Å². The van der Waals surface area contributed by atoms with E-state index in [2.05, 4.69) is 16.5 Å². The summed E-state index contributed by atoms with van der Waals surface area (Å²) in [6.07, 6.45) is 0. The van der Waals surface area contributed by atoms with Crippen molar-refractivity contribution >= 4 is 16.7 Å². The molecule has 0 unspecified atom stereocenters. The highest BCUT2D eigenvalue weighted by Crippen LogP contribution is 2.14. The predicted molar refractivity (Wildman–Crippen MR) is 94.4 cm³/mol. The highest BCUT2D eigenvalue weighted by atomic mass is 16.2. The number of carbonyl (C=O) groups is 1. The van der Waals surface area contributed by atoms with Crippen LogP contribution in [0.15, 0.2) is 47.3 Å². The molecule has 0 saturated heterocycles. The zero-order valence-electron chi connectivity index (χ0n) is 14.0. The Balaban J connectivity index is 2.19. The van der Waals surface area contributed by atoms with Crippen LogP contribution >= 0.6 is 0 Å². The minimum atomic E-state index is -0.305. The van der Waals surface area contributed by atoms with Crippen LogP contribution in [0.2, 0.25) is 0 Å². The summed E-state index contributed by atoms with van der Waals surface area (Å²) in [5, 5.41) is 7.97. The first-order chi connectivity index (χ1) is 11.5. The van der Waals surface area contributed by atoms with Gasteiger partial charge in [0.2, 0.25) is 0 Å². The molecule has 5 heteroatoms. The van der Waals surface area contributed by atoms with Gasteiger partial charge in [-0.05, 0) is 25.5 Å². The quantitative estimate of drug-likeness (QED) is 0.806. The van der Waals surface area contributed by atoms with Gasteiger partial charge in [-0.15, -0.1) is 0 Å². The van der Waals surface area contributed by atoms with Gasteiger partial charge >= 0.3 is 0 Å². The Kier molecular flexibility index (Phi) is 4.16. The minimum absolute atomic E-state index is 0.197. The number of hydrogen-bond acceptors (Lipinski definition) is 3. The van der Waals surface area contributed by atoms with Gasteiger partial charge < -0.3 is 5.32 Å². The lowest BCUT2D eigenvalue weighted by Gasteiger charge is -2.11. The van der Waals surface area contributed by atoms with E-state index in [4.69, 9.17) is 0 Å². The summed E-state index contributed by atoms with van der Waals surface area (Å²) in [6.45, 7) is 4.36. The number of fused-ring (bicyclic) bond motifs is 1. The first-order valence-corrected chi connectivity index (χ1v) is 7.78. The maximum Gasteiger partial charge on any atom is 0.274 e. The Labute approximate surface area is 139 Å². The molecule has 1 N–H and O–H groups in total. The first kappa shape index (κ1) is 15.9. The number of benzene rings is 2. The number of hydrogen-bond donors (Lipinski definition) is 1. The van der Waals surface area contributed by atoms with Gasteiger partial charge in [0, 0.05) is 12.4 Å². The number of amides is 1. The fraction of sp³-hybridized carbons (Fsp3) is 0.211. The van der Waals surface area contributed by atoms with Crippen LogP contribution in [0.1, 0.15) is 27.2 Å². The fourth-order valence-electron chi connectivity index (χ4n) is 2.96.